The van der Waals surface area contributed by atoms with Crippen molar-refractivity contribution in [2.75, 3.05) is 6.26 Å². The van der Waals surface area contributed by atoms with Crippen LogP contribution in [0.3, 0.4) is 0 Å². The summed E-state index contributed by atoms with van der Waals surface area (Å²) >= 11 is 1.30. The lowest BCUT2D eigenvalue weighted by Crippen LogP contribution is -2.14. The van der Waals surface area contributed by atoms with E-state index in [-0.39, 0.29) is 11.4 Å². The minimum Gasteiger partial charge on any atom is -0.300 e. The monoisotopic (exact) mass is 351 g/mol. The Balaban J connectivity index is 2.17. The van der Waals surface area contributed by atoms with Crippen LogP contribution in [0.15, 0.2) is 52.4 Å². The van der Waals surface area contributed by atoms with Gasteiger partial charge in [-0.1, -0.05) is 36.0 Å². The molecule has 0 radical (unpaired) electrons. The van der Waals surface area contributed by atoms with Crippen LogP contribution in [-0.2, 0) is 0 Å². The number of nitriles is 1. The van der Waals surface area contributed by atoms with Gasteiger partial charge in [0.2, 0.25) is 0 Å². The predicted molar refractivity (Wildman–Crippen MR) is 96.9 cm³/mol. The number of nitrogens with zero attached hydrogens (tertiary/aromatic N) is 2. The first-order valence-corrected chi connectivity index (χ1v) is 8.71. The highest BCUT2D eigenvalue weighted by molar-refractivity contribution is 7.98. The highest BCUT2D eigenvalue weighted by atomic mass is 32.2. The number of hydrogen-bond donors (Lipinski definition) is 1. The quantitative estimate of drug-likeness (QED) is 0.569. The summed E-state index contributed by atoms with van der Waals surface area (Å²) in [5, 5.41) is 9.77. The molecule has 0 saturated carbocycles. The van der Waals surface area contributed by atoms with Crippen molar-refractivity contribution >= 4 is 11.8 Å². The van der Waals surface area contributed by atoms with Crippen LogP contribution in [0.25, 0.3) is 22.4 Å². The number of aryl methyl sites for hydroxylation is 1. The normalized spacial score (nSPS) is 10.5. The van der Waals surface area contributed by atoms with Crippen molar-refractivity contribution in [1.29, 1.82) is 5.26 Å². The first-order chi connectivity index (χ1) is 12.0. The van der Waals surface area contributed by atoms with E-state index in [1.54, 1.807) is 31.4 Å². The van der Waals surface area contributed by atoms with Crippen molar-refractivity contribution in [3.63, 3.8) is 0 Å². The van der Waals surface area contributed by atoms with Gasteiger partial charge in [0.25, 0.3) is 5.56 Å². The van der Waals surface area contributed by atoms with Gasteiger partial charge in [0, 0.05) is 5.56 Å². The molecule has 0 aliphatic heterocycles. The van der Waals surface area contributed by atoms with Gasteiger partial charge in [0.05, 0.1) is 5.69 Å². The first kappa shape index (κ1) is 16.9. The molecule has 124 valence electrons. The van der Waals surface area contributed by atoms with Crippen molar-refractivity contribution in [2.45, 2.75) is 12.1 Å². The number of rotatable bonds is 3. The molecule has 3 rings (SSSR count). The summed E-state index contributed by atoms with van der Waals surface area (Å²) in [6.07, 6.45) is 1.80. The Hall–Kier alpha value is -2.91. The molecule has 0 aliphatic rings. The average molecular weight is 351 g/mol. The number of hydrogen-bond acceptors (Lipinski definition) is 4. The molecule has 25 heavy (non-hydrogen) atoms. The van der Waals surface area contributed by atoms with Gasteiger partial charge in [-0.25, -0.2) is 9.37 Å². The Morgan fingerprint density at radius 2 is 1.88 bits per heavy atom. The number of halogens is 1. The van der Waals surface area contributed by atoms with E-state index < -0.39 is 5.56 Å². The van der Waals surface area contributed by atoms with Crippen LogP contribution in [-0.4, -0.2) is 16.2 Å². The second-order valence-electron chi connectivity index (χ2n) is 5.46. The van der Waals surface area contributed by atoms with Gasteiger partial charge in [-0.05, 0) is 48.1 Å². The van der Waals surface area contributed by atoms with Crippen molar-refractivity contribution in [3.8, 4) is 28.5 Å². The molecule has 0 unspecified atom stereocenters. The van der Waals surface area contributed by atoms with Crippen LogP contribution in [0.2, 0.25) is 0 Å². The maximum atomic E-state index is 13.5. The van der Waals surface area contributed by atoms with Gasteiger partial charge in [0.1, 0.15) is 17.4 Å². The molecule has 0 aliphatic carbocycles. The Bertz CT molecular complexity index is 1050. The fourth-order valence-corrected chi connectivity index (χ4v) is 2.91. The van der Waals surface area contributed by atoms with Gasteiger partial charge in [-0.15, -0.1) is 0 Å². The smallest absolute Gasteiger partial charge is 0.270 e. The Morgan fingerprint density at radius 1 is 1.16 bits per heavy atom. The first-order valence-electron chi connectivity index (χ1n) is 7.49. The largest absolute Gasteiger partial charge is 0.300 e. The molecule has 3 aromatic rings. The van der Waals surface area contributed by atoms with Crippen molar-refractivity contribution in [1.82, 2.24) is 9.97 Å². The van der Waals surface area contributed by atoms with E-state index in [1.165, 1.54) is 17.8 Å². The Labute approximate surface area is 148 Å². The number of H-pyrrole nitrogens is 1. The molecule has 0 fully saturated rings. The zero-order chi connectivity index (χ0) is 18.0. The summed E-state index contributed by atoms with van der Waals surface area (Å²) in [7, 11) is 0. The predicted octanol–water partition coefficient (Wildman–Crippen LogP) is 4.15. The second-order valence-corrected chi connectivity index (χ2v) is 6.25. The second kappa shape index (κ2) is 6.91. The molecule has 1 aromatic heterocycles. The van der Waals surface area contributed by atoms with Gasteiger partial charge in [0.15, 0.2) is 5.16 Å². The van der Waals surface area contributed by atoms with Gasteiger partial charge < -0.3 is 4.98 Å². The summed E-state index contributed by atoms with van der Waals surface area (Å²) in [4.78, 5) is 19.1. The third kappa shape index (κ3) is 3.32. The van der Waals surface area contributed by atoms with E-state index in [0.717, 1.165) is 11.1 Å². The van der Waals surface area contributed by atoms with E-state index >= 15 is 0 Å². The summed E-state index contributed by atoms with van der Waals surface area (Å²) < 4.78 is 13.5. The third-order valence-corrected chi connectivity index (χ3v) is 4.41. The standard InChI is InChI=1S/C19H14FN3OS/c1-11-8-13(6-7-16(11)20)12-4-3-5-14(9-12)17-15(10-21)18(24)23-19(22-17)25-2/h3-9H,1-2H3,(H,22,23,24). The van der Waals surface area contributed by atoms with Gasteiger partial charge >= 0.3 is 0 Å². The highest BCUT2D eigenvalue weighted by Gasteiger charge is 2.14. The molecule has 0 spiro atoms. The minimum atomic E-state index is -0.458. The molecule has 1 N–H and O–H groups in total. The molecule has 2 aromatic carbocycles. The molecule has 0 saturated heterocycles. The lowest BCUT2D eigenvalue weighted by atomic mass is 9.99. The molecule has 0 atom stereocenters. The Kier molecular flexibility index (Phi) is 4.68. The van der Waals surface area contributed by atoms with E-state index in [1.807, 2.05) is 24.3 Å². The molecule has 1 heterocycles. The maximum Gasteiger partial charge on any atom is 0.270 e. The average Bonchev–Trinajstić information content (AvgIpc) is 2.63. The van der Waals surface area contributed by atoms with E-state index in [0.29, 0.717) is 22.0 Å². The summed E-state index contributed by atoms with van der Waals surface area (Å²) in [5.74, 6) is -0.257. The van der Waals surface area contributed by atoms with E-state index in [4.69, 9.17) is 0 Å². The highest BCUT2D eigenvalue weighted by Crippen LogP contribution is 2.28. The fraction of sp³-hybridized carbons (Fsp3) is 0.105. The molecule has 6 heteroatoms. The lowest BCUT2D eigenvalue weighted by Gasteiger charge is -2.08. The molecular weight excluding hydrogens is 337 g/mol. The summed E-state index contributed by atoms with van der Waals surface area (Å²) in [5.41, 5.74) is 2.80. The van der Waals surface area contributed by atoms with Gasteiger partial charge in [-0.2, -0.15) is 5.26 Å². The van der Waals surface area contributed by atoms with E-state index in [2.05, 4.69) is 9.97 Å². The zero-order valence-corrected chi connectivity index (χ0v) is 14.4. The molecule has 4 nitrogen and oxygen atoms in total. The van der Waals surface area contributed by atoms with Crippen molar-refractivity contribution in [2.24, 2.45) is 0 Å². The number of aromatic amines is 1. The molecule has 0 amide bonds. The molecular formula is C19H14FN3OS. The number of aromatic nitrogens is 2. The van der Waals surface area contributed by atoms with Crippen LogP contribution in [0, 0.1) is 24.1 Å². The van der Waals surface area contributed by atoms with Crippen LogP contribution in [0.1, 0.15) is 11.1 Å². The number of thioether (sulfide) groups is 1. The fourth-order valence-electron chi connectivity index (χ4n) is 2.53. The summed E-state index contributed by atoms with van der Waals surface area (Å²) in [6, 6.07) is 14.2. The van der Waals surface area contributed by atoms with Crippen molar-refractivity contribution in [3.05, 3.63) is 69.8 Å². The third-order valence-electron chi connectivity index (χ3n) is 3.83. The SMILES string of the molecule is CSc1nc(-c2cccc(-c3ccc(F)c(C)c3)c2)c(C#N)c(=O)[nH]1. The molecule has 0 bridgehead atoms. The Morgan fingerprint density at radius 3 is 2.56 bits per heavy atom. The summed E-state index contributed by atoms with van der Waals surface area (Å²) in [6.45, 7) is 1.71. The topological polar surface area (TPSA) is 69.5 Å². The van der Waals surface area contributed by atoms with Crippen LogP contribution in [0.4, 0.5) is 4.39 Å². The van der Waals surface area contributed by atoms with Crippen LogP contribution < -0.4 is 5.56 Å². The maximum absolute atomic E-state index is 13.5. The van der Waals surface area contributed by atoms with Gasteiger partial charge in [-0.3, -0.25) is 4.79 Å². The number of benzene rings is 2. The van der Waals surface area contributed by atoms with Crippen LogP contribution in [0.5, 0.6) is 0 Å². The van der Waals surface area contributed by atoms with Crippen LogP contribution >= 0.6 is 11.8 Å². The minimum absolute atomic E-state index is 0.0229. The number of nitrogens with one attached hydrogen (secondary N) is 1. The van der Waals surface area contributed by atoms with E-state index in [9.17, 15) is 14.4 Å². The van der Waals surface area contributed by atoms with Crippen molar-refractivity contribution < 1.29 is 4.39 Å². The zero-order valence-electron chi connectivity index (χ0n) is 13.6. The lowest BCUT2D eigenvalue weighted by molar-refractivity contribution is 0.619.